The molecule has 0 aliphatic heterocycles. The van der Waals surface area contributed by atoms with E-state index in [-0.39, 0.29) is 31.3 Å². The summed E-state index contributed by atoms with van der Waals surface area (Å²) in [6.07, 6.45) is 7.13. The number of esters is 1. The van der Waals surface area contributed by atoms with E-state index in [0.29, 0.717) is 16.7 Å². The zero-order chi connectivity index (χ0) is 23.1. The van der Waals surface area contributed by atoms with Crippen LogP contribution in [0.25, 0.3) is 0 Å². The van der Waals surface area contributed by atoms with E-state index < -0.39 is 5.82 Å². The molecule has 0 heterocycles. The minimum atomic E-state index is -0.408. The van der Waals surface area contributed by atoms with Gasteiger partial charge in [0.1, 0.15) is 5.82 Å². The molecule has 4 nitrogen and oxygen atoms in total. The highest BCUT2D eigenvalue weighted by atomic mass is 19.1. The van der Waals surface area contributed by atoms with Gasteiger partial charge in [-0.2, -0.15) is 0 Å². The topological polar surface area (TPSA) is 46.6 Å². The van der Waals surface area contributed by atoms with Crippen LogP contribution in [0.4, 0.5) is 4.39 Å². The van der Waals surface area contributed by atoms with Crippen LogP contribution in [0.3, 0.4) is 0 Å². The summed E-state index contributed by atoms with van der Waals surface area (Å²) in [4.78, 5) is 27.3. The molecule has 1 aliphatic carbocycles. The van der Waals surface area contributed by atoms with Crippen molar-refractivity contribution in [2.45, 2.75) is 73.6 Å². The molecule has 1 aromatic carbocycles. The average molecular weight is 428 g/mol. The van der Waals surface area contributed by atoms with E-state index in [1.165, 1.54) is 11.6 Å². The summed E-state index contributed by atoms with van der Waals surface area (Å²) >= 11 is 0. The van der Waals surface area contributed by atoms with Crippen molar-refractivity contribution in [1.29, 1.82) is 0 Å². The van der Waals surface area contributed by atoms with Crippen LogP contribution in [-0.2, 0) is 16.0 Å². The van der Waals surface area contributed by atoms with Crippen molar-refractivity contribution >= 4 is 11.9 Å². The molecule has 0 N–H and O–H groups in total. The van der Waals surface area contributed by atoms with Crippen LogP contribution in [-0.4, -0.2) is 23.4 Å². The zero-order valence-corrected chi connectivity index (χ0v) is 19.6. The Bertz CT molecular complexity index is 940. The number of aryl methyl sites for hydroxylation is 2. The number of amides is 1. The van der Waals surface area contributed by atoms with Crippen LogP contribution < -0.4 is 0 Å². The lowest BCUT2D eigenvalue weighted by Crippen LogP contribution is -2.31. The Morgan fingerprint density at radius 3 is 2.52 bits per heavy atom. The minimum absolute atomic E-state index is 0.0754. The fraction of sp³-hybridized carbons (Fsp3) is 0.462. The van der Waals surface area contributed by atoms with Gasteiger partial charge in [-0.3, -0.25) is 14.5 Å². The van der Waals surface area contributed by atoms with Gasteiger partial charge in [0.05, 0.1) is 12.3 Å². The van der Waals surface area contributed by atoms with Crippen LogP contribution >= 0.6 is 0 Å². The van der Waals surface area contributed by atoms with E-state index in [4.69, 9.17) is 4.74 Å². The quantitative estimate of drug-likeness (QED) is 0.451. The molecular weight excluding hydrogens is 393 g/mol. The number of rotatable bonds is 8. The maximum Gasteiger partial charge on any atom is 0.306 e. The molecular formula is C26H34FNO3. The largest absolute Gasteiger partial charge is 0.466 e. The number of allylic oxidation sites excluding steroid dienone is 5. The molecule has 1 aromatic rings. The van der Waals surface area contributed by atoms with Gasteiger partial charge in [0.25, 0.3) is 5.91 Å². The smallest absolute Gasteiger partial charge is 0.306 e. The predicted molar refractivity (Wildman–Crippen MR) is 122 cm³/mol. The van der Waals surface area contributed by atoms with E-state index in [2.05, 4.69) is 13.0 Å². The molecule has 0 saturated carbocycles. The molecule has 168 valence electrons. The molecule has 5 heteroatoms. The Hall–Kier alpha value is -2.69. The van der Waals surface area contributed by atoms with E-state index in [9.17, 15) is 14.0 Å². The van der Waals surface area contributed by atoms with Crippen LogP contribution in [0.1, 0.15) is 81.8 Å². The Morgan fingerprint density at radius 1 is 1.19 bits per heavy atom. The highest BCUT2D eigenvalue weighted by Gasteiger charge is 2.27. The summed E-state index contributed by atoms with van der Waals surface area (Å²) in [6, 6.07) is 2.98. The van der Waals surface area contributed by atoms with E-state index in [1.54, 1.807) is 24.8 Å². The Labute approximate surface area is 185 Å². The molecule has 0 aromatic heterocycles. The molecule has 0 unspecified atom stereocenters. The first-order chi connectivity index (χ1) is 14.7. The van der Waals surface area contributed by atoms with Crippen molar-refractivity contribution in [3.63, 3.8) is 0 Å². The third kappa shape index (κ3) is 5.93. The maximum atomic E-state index is 14.6. The van der Waals surface area contributed by atoms with Crippen molar-refractivity contribution in [2.24, 2.45) is 0 Å². The molecule has 0 saturated heterocycles. The second kappa shape index (κ2) is 11.1. The lowest BCUT2D eigenvalue weighted by atomic mass is 9.94. The number of benzene rings is 1. The first-order valence-electron chi connectivity index (χ1n) is 11.0. The maximum absolute atomic E-state index is 14.6. The highest BCUT2D eigenvalue weighted by Crippen LogP contribution is 2.32. The van der Waals surface area contributed by atoms with Crippen LogP contribution in [0.2, 0.25) is 0 Å². The molecule has 1 amide bonds. The first-order valence-corrected chi connectivity index (χ1v) is 11.0. The minimum Gasteiger partial charge on any atom is -0.466 e. The van der Waals surface area contributed by atoms with Gasteiger partial charge in [-0.05, 0) is 94.7 Å². The van der Waals surface area contributed by atoms with Crippen molar-refractivity contribution in [3.8, 4) is 0 Å². The predicted octanol–water partition coefficient (Wildman–Crippen LogP) is 6.40. The highest BCUT2D eigenvalue weighted by molar-refractivity contribution is 5.98. The number of hydrogen-bond donors (Lipinski definition) is 0. The third-order valence-electron chi connectivity index (χ3n) is 5.55. The number of carbonyl (C=O) groups is 2. The molecule has 31 heavy (non-hydrogen) atoms. The van der Waals surface area contributed by atoms with Gasteiger partial charge in [-0.1, -0.05) is 19.1 Å². The van der Waals surface area contributed by atoms with Crippen molar-refractivity contribution in [2.75, 3.05) is 6.61 Å². The van der Waals surface area contributed by atoms with Gasteiger partial charge in [0.15, 0.2) is 0 Å². The number of ether oxygens (including phenoxy) is 1. The molecule has 0 fully saturated rings. The number of halogens is 1. The summed E-state index contributed by atoms with van der Waals surface area (Å²) in [5.41, 5.74) is 5.39. The van der Waals surface area contributed by atoms with Gasteiger partial charge in [-0.15, -0.1) is 0 Å². The Balaban J connectivity index is 2.49. The summed E-state index contributed by atoms with van der Waals surface area (Å²) in [5, 5.41) is 0. The molecule has 0 spiro atoms. The third-order valence-corrected chi connectivity index (χ3v) is 5.55. The molecule has 0 bridgehead atoms. The monoisotopic (exact) mass is 427 g/mol. The van der Waals surface area contributed by atoms with Crippen molar-refractivity contribution < 1.29 is 18.7 Å². The molecule has 2 rings (SSSR count). The SMILES string of the molecule is CC/C=C(\C)N(C(=O)c1cc(CCC(=O)OCC)c(F)cc1C)C1=C(C)CCC=C1C. The fourth-order valence-corrected chi connectivity index (χ4v) is 3.98. The van der Waals surface area contributed by atoms with E-state index in [0.717, 1.165) is 36.2 Å². The second-order valence-corrected chi connectivity index (χ2v) is 8.01. The number of carbonyl (C=O) groups excluding carboxylic acids is 2. The van der Waals surface area contributed by atoms with Crippen LogP contribution in [0, 0.1) is 12.7 Å². The summed E-state index contributed by atoms with van der Waals surface area (Å²) in [5.74, 6) is -0.960. The first kappa shape index (κ1) is 24.6. The van der Waals surface area contributed by atoms with E-state index >= 15 is 0 Å². The lowest BCUT2D eigenvalue weighted by Gasteiger charge is -2.31. The van der Waals surface area contributed by atoms with Crippen molar-refractivity contribution in [3.05, 3.63) is 69.3 Å². The lowest BCUT2D eigenvalue weighted by molar-refractivity contribution is -0.143. The molecule has 0 radical (unpaired) electrons. The molecule has 1 aliphatic rings. The van der Waals surface area contributed by atoms with Crippen molar-refractivity contribution in [1.82, 2.24) is 4.90 Å². The Kier molecular flexibility index (Phi) is 8.78. The Morgan fingerprint density at radius 2 is 1.90 bits per heavy atom. The second-order valence-electron chi connectivity index (χ2n) is 8.01. The zero-order valence-electron chi connectivity index (χ0n) is 19.6. The fourth-order valence-electron chi connectivity index (χ4n) is 3.98. The van der Waals surface area contributed by atoms with Crippen LogP contribution in [0.15, 0.2) is 46.8 Å². The average Bonchev–Trinajstić information content (AvgIpc) is 2.70. The normalized spacial score (nSPS) is 14.4. The standard InChI is InChI=1S/C26H34FNO3/c1-7-10-20(6)28(25-17(3)11-9-12-18(25)4)26(30)22-16-21(23(27)15-19(22)5)13-14-24(29)31-8-2/h10-11,15-16H,7-9,12-14H2,1-6H3/b20-10+. The van der Waals surface area contributed by atoms with Gasteiger partial charge < -0.3 is 4.74 Å². The van der Waals surface area contributed by atoms with Gasteiger partial charge in [0, 0.05) is 17.7 Å². The van der Waals surface area contributed by atoms with Gasteiger partial charge >= 0.3 is 5.97 Å². The van der Waals surface area contributed by atoms with Gasteiger partial charge in [0.2, 0.25) is 0 Å². The summed E-state index contributed by atoms with van der Waals surface area (Å²) in [6.45, 7) is 11.8. The summed E-state index contributed by atoms with van der Waals surface area (Å²) < 4.78 is 19.5. The molecule has 0 atom stereocenters. The van der Waals surface area contributed by atoms with Gasteiger partial charge in [-0.25, -0.2) is 4.39 Å². The summed E-state index contributed by atoms with van der Waals surface area (Å²) in [7, 11) is 0. The van der Waals surface area contributed by atoms with E-state index in [1.807, 2.05) is 26.8 Å². The number of nitrogens with zero attached hydrogens (tertiary/aromatic N) is 1. The number of hydrogen-bond acceptors (Lipinski definition) is 3. The van der Waals surface area contributed by atoms with Crippen LogP contribution in [0.5, 0.6) is 0 Å².